The number of aromatic nitrogens is 2. The minimum absolute atomic E-state index is 0.0765. The van der Waals surface area contributed by atoms with Crippen LogP contribution in [0.4, 0.5) is 11.5 Å². The molecule has 0 amide bonds. The van der Waals surface area contributed by atoms with Crippen LogP contribution in [0.15, 0.2) is 36.8 Å². The summed E-state index contributed by atoms with van der Waals surface area (Å²) in [5, 5.41) is 19.5. The predicted octanol–water partition coefficient (Wildman–Crippen LogP) is 4.86. The molecule has 0 radical (unpaired) electrons. The molecule has 0 saturated carbocycles. The van der Waals surface area contributed by atoms with Crippen LogP contribution in [-0.4, -0.2) is 79.5 Å². The molecule has 1 aliphatic rings. The fraction of sp³-hybridized carbons (Fsp3) is 0.379. The number of ether oxygens (including phenoxy) is 2. The number of likely N-dealkylation sites (N-methyl/N-ethyl adjacent to an activating group) is 1. The van der Waals surface area contributed by atoms with Crippen LogP contribution in [0.1, 0.15) is 35.3 Å². The highest BCUT2D eigenvalue weighted by molar-refractivity contribution is 7.97. The van der Waals surface area contributed by atoms with Gasteiger partial charge in [0.25, 0.3) is 0 Å². The van der Waals surface area contributed by atoms with E-state index in [2.05, 4.69) is 16.0 Å². The van der Waals surface area contributed by atoms with Crippen LogP contribution in [0.3, 0.4) is 0 Å². The Balaban J connectivity index is 0.00000155. The van der Waals surface area contributed by atoms with Gasteiger partial charge in [0.05, 0.1) is 34.0 Å². The topological polar surface area (TPSA) is 150 Å². The molecule has 13 heteroatoms. The number of hydrogen-bond acceptors (Lipinski definition) is 11. The summed E-state index contributed by atoms with van der Waals surface area (Å²) in [6.07, 6.45) is 8.06. The fourth-order valence-corrected chi connectivity index (χ4v) is 5.45. The van der Waals surface area contributed by atoms with Crippen molar-refractivity contribution in [3.63, 3.8) is 0 Å². The van der Waals surface area contributed by atoms with Crippen molar-refractivity contribution in [1.29, 1.82) is 10.7 Å². The third-order valence-electron chi connectivity index (χ3n) is 6.42. The van der Waals surface area contributed by atoms with Crippen LogP contribution < -0.4 is 25.8 Å². The first kappa shape index (κ1) is 33.2. The molecule has 10 nitrogen and oxygen atoms in total. The van der Waals surface area contributed by atoms with Gasteiger partial charge in [-0.25, -0.2) is 4.98 Å². The number of pyridine rings is 2. The van der Waals surface area contributed by atoms with Gasteiger partial charge in [-0.15, -0.1) is 0 Å². The second kappa shape index (κ2) is 14.3. The lowest BCUT2D eigenvalue weighted by atomic mass is 9.90. The maximum Gasteiger partial charge on any atom is 0.162 e. The lowest BCUT2D eigenvalue weighted by molar-refractivity contribution is 0.216. The number of nitrogens with one attached hydrogen (secondary N) is 1. The number of nitrogens with zero attached hydrogens (tertiary/aromatic N) is 5. The van der Waals surface area contributed by atoms with Gasteiger partial charge < -0.3 is 30.7 Å². The number of nitrogens with two attached hydrogens (primary N) is 2. The number of nitrogen functional groups attached to an aromatic ring is 1. The van der Waals surface area contributed by atoms with Gasteiger partial charge in [-0.1, -0.05) is 23.2 Å². The molecule has 1 saturated heterocycles. The third-order valence-corrected chi connectivity index (χ3v) is 7.03. The Morgan fingerprint density at radius 2 is 1.81 bits per heavy atom. The van der Waals surface area contributed by atoms with Crippen molar-refractivity contribution in [2.24, 2.45) is 5.73 Å². The van der Waals surface area contributed by atoms with Crippen molar-refractivity contribution >= 4 is 52.2 Å². The Labute approximate surface area is 261 Å². The van der Waals surface area contributed by atoms with Crippen molar-refractivity contribution in [2.45, 2.75) is 18.6 Å². The maximum absolute atomic E-state index is 9.84. The van der Waals surface area contributed by atoms with Gasteiger partial charge in [-0.3, -0.25) is 10.4 Å². The second-order valence-electron chi connectivity index (χ2n) is 10.3. The molecule has 1 atom stereocenters. The number of benzene rings is 1. The molecule has 5 N–H and O–H groups in total. The van der Waals surface area contributed by atoms with Gasteiger partial charge in [0.2, 0.25) is 0 Å². The molecular weight excluding hydrogens is 595 g/mol. The van der Waals surface area contributed by atoms with Crippen LogP contribution in [0.2, 0.25) is 10.0 Å². The van der Waals surface area contributed by atoms with E-state index in [1.807, 2.05) is 36.4 Å². The quantitative estimate of drug-likeness (QED) is 0.221. The monoisotopic (exact) mass is 630 g/mol. The minimum Gasteiger partial charge on any atom is -0.493 e. The molecule has 0 bridgehead atoms. The summed E-state index contributed by atoms with van der Waals surface area (Å²) in [7, 11) is 5.44. The molecule has 1 fully saturated rings. The van der Waals surface area contributed by atoms with E-state index in [0.29, 0.717) is 68.4 Å². The highest BCUT2D eigenvalue weighted by Crippen LogP contribution is 2.39. The summed E-state index contributed by atoms with van der Waals surface area (Å²) in [6.45, 7) is 3.69. The molecule has 2 aromatic heterocycles. The zero-order valence-corrected chi connectivity index (χ0v) is 26.9. The van der Waals surface area contributed by atoms with E-state index in [0.717, 1.165) is 6.54 Å². The predicted molar refractivity (Wildman–Crippen MR) is 173 cm³/mol. The number of thioether (sulfide) groups is 1. The summed E-state index contributed by atoms with van der Waals surface area (Å²) >= 11 is 14.4. The molecule has 0 spiro atoms. The Kier molecular flexibility index (Phi) is 11.3. The van der Waals surface area contributed by atoms with E-state index in [1.54, 1.807) is 43.1 Å². The summed E-state index contributed by atoms with van der Waals surface area (Å²) < 4.78 is 11.6. The Hall–Kier alpha value is -3.27. The summed E-state index contributed by atoms with van der Waals surface area (Å²) in [6, 6.07) is 7.04. The van der Waals surface area contributed by atoms with Gasteiger partial charge in [-0.2, -0.15) is 17.0 Å². The minimum atomic E-state index is -0.558. The maximum atomic E-state index is 9.84. The van der Waals surface area contributed by atoms with Crippen molar-refractivity contribution in [3.8, 4) is 17.6 Å². The Morgan fingerprint density at radius 1 is 1.19 bits per heavy atom. The van der Waals surface area contributed by atoms with Crippen LogP contribution in [-0.2, 0) is 0 Å². The van der Waals surface area contributed by atoms with Crippen molar-refractivity contribution in [2.75, 3.05) is 64.0 Å². The molecule has 4 rings (SSSR count). The highest BCUT2D eigenvalue weighted by atomic mass is 35.5. The number of rotatable bonds is 9. The zero-order chi connectivity index (χ0) is 31.2. The molecule has 3 aromatic rings. The summed E-state index contributed by atoms with van der Waals surface area (Å²) in [4.78, 5) is 12.5. The van der Waals surface area contributed by atoms with Gasteiger partial charge >= 0.3 is 0 Å². The van der Waals surface area contributed by atoms with E-state index in [1.165, 1.54) is 19.5 Å². The first-order chi connectivity index (χ1) is 19.9. The lowest BCUT2D eigenvalue weighted by Crippen LogP contribution is -2.71. The van der Waals surface area contributed by atoms with Gasteiger partial charge in [-0.05, 0) is 45.7 Å². The Morgan fingerprint density at radius 3 is 2.36 bits per heavy atom. The number of anilines is 2. The van der Waals surface area contributed by atoms with E-state index in [-0.39, 0.29) is 11.3 Å². The molecule has 1 aliphatic heterocycles. The van der Waals surface area contributed by atoms with E-state index in [9.17, 15) is 5.26 Å². The SMILES string of the molecule is COc1cc(N)c(C(=N)c2cnc(N3CC(N)(CN(C)C)C3)c(C#N)c2)cc1O[C@H](C)c1c(Cl)cncc1Cl.CSC. The largest absolute Gasteiger partial charge is 0.493 e. The number of hydrogen-bond donors (Lipinski definition) is 3. The Bertz CT molecular complexity index is 1450. The molecule has 0 unspecified atom stereocenters. The molecule has 42 heavy (non-hydrogen) atoms. The lowest BCUT2D eigenvalue weighted by Gasteiger charge is -2.49. The fourth-order valence-electron chi connectivity index (χ4n) is 4.78. The summed E-state index contributed by atoms with van der Waals surface area (Å²) in [5.74, 6) is 1.26. The van der Waals surface area contributed by atoms with Crippen LogP contribution >= 0.6 is 35.0 Å². The standard InChI is InChI=1S/C27H30Cl2N8O2.C2H6S/c1-15(24-19(28)10-34-11-20(24)29)39-23-6-18(21(31)7-22(23)38-4)25(32)17-5-16(8-30)26(35-9-17)37-13-27(33,14-37)12-36(2)3;1-3-2/h5-7,9-11,15,32H,12-14,31,33H2,1-4H3;1-2H3/t15-;/m1./s1. The van der Waals surface area contributed by atoms with Crippen molar-refractivity contribution < 1.29 is 9.47 Å². The van der Waals surface area contributed by atoms with E-state index < -0.39 is 6.10 Å². The van der Waals surface area contributed by atoms with E-state index >= 15 is 0 Å². The molecular formula is C29H36Cl2N8O2S. The van der Waals surface area contributed by atoms with Crippen LogP contribution in [0.25, 0.3) is 0 Å². The first-order valence-corrected chi connectivity index (χ1v) is 15.3. The van der Waals surface area contributed by atoms with Crippen LogP contribution in [0, 0.1) is 16.7 Å². The average molecular weight is 632 g/mol. The smallest absolute Gasteiger partial charge is 0.162 e. The normalized spacial score (nSPS) is 14.3. The van der Waals surface area contributed by atoms with Gasteiger partial charge in [0, 0.05) is 66.7 Å². The zero-order valence-electron chi connectivity index (χ0n) is 24.5. The number of nitriles is 1. The molecule has 0 aliphatic carbocycles. The first-order valence-electron chi connectivity index (χ1n) is 12.9. The third kappa shape index (κ3) is 7.56. The van der Waals surface area contributed by atoms with Gasteiger partial charge in [0.1, 0.15) is 18.0 Å². The number of halogens is 2. The molecule has 3 heterocycles. The number of methoxy groups -OCH3 is 1. The van der Waals surface area contributed by atoms with Crippen LogP contribution in [0.5, 0.6) is 11.5 Å². The summed E-state index contributed by atoms with van der Waals surface area (Å²) in [5.41, 5.74) is 14.5. The molecule has 1 aromatic carbocycles. The van der Waals surface area contributed by atoms with Crippen molar-refractivity contribution in [1.82, 2.24) is 14.9 Å². The second-order valence-corrected chi connectivity index (χ2v) is 11.9. The molecule has 224 valence electrons. The van der Waals surface area contributed by atoms with E-state index in [4.69, 9.17) is 49.6 Å². The highest BCUT2D eigenvalue weighted by Gasteiger charge is 2.41. The average Bonchev–Trinajstić information content (AvgIpc) is 2.91. The van der Waals surface area contributed by atoms with Crippen molar-refractivity contribution in [3.05, 3.63) is 69.1 Å². The van der Waals surface area contributed by atoms with Gasteiger partial charge in [0.15, 0.2) is 11.5 Å².